The molecule has 0 aromatic heterocycles. The van der Waals surface area contributed by atoms with Gasteiger partial charge in [-0.1, -0.05) is 6.92 Å². The van der Waals surface area contributed by atoms with Crippen LogP contribution in [0.4, 0.5) is 18.9 Å². The molecule has 1 rings (SSSR count). The lowest BCUT2D eigenvalue weighted by atomic mass is 10.1. The molecule has 0 heterocycles. The minimum atomic E-state index is -4.45. The molecule has 0 radical (unpaired) electrons. The highest BCUT2D eigenvalue weighted by molar-refractivity contribution is 5.92. The minimum absolute atomic E-state index is 0.0331. The summed E-state index contributed by atoms with van der Waals surface area (Å²) in [6.07, 6.45) is -3.58. The van der Waals surface area contributed by atoms with Crippen LogP contribution in [0, 0.1) is 0 Å². The van der Waals surface area contributed by atoms with Gasteiger partial charge in [0.05, 0.1) is 18.4 Å². The fourth-order valence-corrected chi connectivity index (χ4v) is 1.42. The van der Waals surface area contributed by atoms with Crippen molar-refractivity contribution in [1.29, 1.82) is 0 Å². The molecule has 100 valence electrons. The standard InChI is InChI=1S/C12H14F3NO2/c1-3-4-11(17)16-9-7-8(12(13,14)15)5-6-10(9)18-2/h5-7H,3-4H2,1-2H3,(H,16,17). The zero-order chi connectivity index (χ0) is 13.8. The molecule has 0 unspecified atom stereocenters. The van der Waals surface area contributed by atoms with Gasteiger partial charge in [-0.25, -0.2) is 0 Å². The second kappa shape index (κ2) is 5.75. The zero-order valence-corrected chi connectivity index (χ0v) is 10.1. The second-order valence-electron chi connectivity index (χ2n) is 3.71. The smallest absolute Gasteiger partial charge is 0.416 e. The highest BCUT2D eigenvalue weighted by Gasteiger charge is 2.31. The molecule has 6 heteroatoms. The van der Waals surface area contributed by atoms with Gasteiger partial charge < -0.3 is 10.1 Å². The second-order valence-corrected chi connectivity index (χ2v) is 3.71. The normalized spacial score (nSPS) is 11.2. The van der Waals surface area contributed by atoms with Crippen molar-refractivity contribution in [3.05, 3.63) is 23.8 Å². The summed E-state index contributed by atoms with van der Waals surface area (Å²) in [4.78, 5) is 11.4. The number of hydrogen-bond donors (Lipinski definition) is 1. The molecule has 0 atom stereocenters. The fraction of sp³-hybridized carbons (Fsp3) is 0.417. The van der Waals surface area contributed by atoms with Crippen LogP contribution in [0.3, 0.4) is 0 Å². The van der Waals surface area contributed by atoms with Gasteiger partial charge in [-0.2, -0.15) is 13.2 Å². The number of carbonyl (C=O) groups is 1. The number of carbonyl (C=O) groups excluding carboxylic acids is 1. The molecule has 0 fully saturated rings. The number of methoxy groups -OCH3 is 1. The van der Waals surface area contributed by atoms with Crippen LogP contribution in [-0.4, -0.2) is 13.0 Å². The molecule has 1 aromatic rings. The molecule has 0 saturated carbocycles. The summed E-state index contributed by atoms with van der Waals surface area (Å²) >= 11 is 0. The van der Waals surface area contributed by atoms with Crippen LogP contribution in [0.2, 0.25) is 0 Å². The molecular weight excluding hydrogens is 247 g/mol. The van der Waals surface area contributed by atoms with Crippen LogP contribution in [0.5, 0.6) is 5.75 Å². The van der Waals surface area contributed by atoms with Crippen molar-refractivity contribution in [2.24, 2.45) is 0 Å². The van der Waals surface area contributed by atoms with Crippen LogP contribution < -0.4 is 10.1 Å². The van der Waals surface area contributed by atoms with Crippen LogP contribution in [0.1, 0.15) is 25.3 Å². The maximum atomic E-state index is 12.5. The van der Waals surface area contributed by atoms with Crippen LogP contribution in [0.25, 0.3) is 0 Å². The van der Waals surface area contributed by atoms with Crippen molar-refractivity contribution in [3.8, 4) is 5.75 Å². The largest absolute Gasteiger partial charge is 0.495 e. The van der Waals surface area contributed by atoms with E-state index in [0.29, 0.717) is 6.42 Å². The SMILES string of the molecule is CCCC(=O)Nc1cc(C(F)(F)F)ccc1OC. The lowest BCUT2D eigenvalue weighted by Crippen LogP contribution is -2.13. The molecule has 0 aliphatic rings. The van der Waals surface area contributed by atoms with Crippen LogP contribution in [-0.2, 0) is 11.0 Å². The van der Waals surface area contributed by atoms with E-state index in [9.17, 15) is 18.0 Å². The first-order valence-electron chi connectivity index (χ1n) is 5.43. The highest BCUT2D eigenvalue weighted by Crippen LogP contribution is 2.34. The van der Waals surface area contributed by atoms with E-state index in [4.69, 9.17) is 4.74 Å². The van der Waals surface area contributed by atoms with Crippen molar-refractivity contribution < 1.29 is 22.7 Å². The van der Waals surface area contributed by atoms with Gasteiger partial charge in [-0.3, -0.25) is 4.79 Å². The Hall–Kier alpha value is -1.72. The van der Waals surface area contributed by atoms with E-state index in [1.807, 2.05) is 6.92 Å². The third kappa shape index (κ3) is 3.65. The number of alkyl halides is 3. The molecule has 1 N–H and O–H groups in total. The third-order valence-corrected chi connectivity index (χ3v) is 2.28. The molecule has 0 bridgehead atoms. The summed E-state index contributed by atoms with van der Waals surface area (Å²) < 4.78 is 42.5. The summed E-state index contributed by atoms with van der Waals surface area (Å²) in [5.41, 5.74) is -0.791. The van der Waals surface area contributed by atoms with E-state index in [-0.39, 0.29) is 23.8 Å². The Bertz CT molecular complexity index is 430. The van der Waals surface area contributed by atoms with Crippen molar-refractivity contribution in [2.45, 2.75) is 25.9 Å². The molecule has 0 aliphatic heterocycles. The Morgan fingerprint density at radius 3 is 2.56 bits per heavy atom. The predicted molar refractivity (Wildman–Crippen MR) is 61.5 cm³/mol. The molecule has 1 amide bonds. The number of halogens is 3. The van der Waals surface area contributed by atoms with Gasteiger partial charge in [0.2, 0.25) is 5.91 Å². The van der Waals surface area contributed by atoms with E-state index in [1.54, 1.807) is 0 Å². The molecule has 0 saturated heterocycles. The van der Waals surface area contributed by atoms with Gasteiger partial charge in [-0.05, 0) is 24.6 Å². The van der Waals surface area contributed by atoms with E-state index in [2.05, 4.69) is 5.32 Å². The van der Waals surface area contributed by atoms with E-state index < -0.39 is 11.7 Å². The topological polar surface area (TPSA) is 38.3 Å². The third-order valence-electron chi connectivity index (χ3n) is 2.28. The molecule has 3 nitrogen and oxygen atoms in total. The maximum Gasteiger partial charge on any atom is 0.416 e. The van der Waals surface area contributed by atoms with Crippen molar-refractivity contribution in [2.75, 3.05) is 12.4 Å². The summed E-state index contributed by atoms with van der Waals surface area (Å²) in [7, 11) is 1.33. The Morgan fingerprint density at radius 1 is 1.39 bits per heavy atom. The van der Waals surface area contributed by atoms with Crippen LogP contribution in [0.15, 0.2) is 18.2 Å². The average molecular weight is 261 g/mol. The van der Waals surface area contributed by atoms with Crippen molar-refractivity contribution in [1.82, 2.24) is 0 Å². The first kappa shape index (κ1) is 14.3. The zero-order valence-electron chi connectivity index (χ0n) is 10.1. The van der Waals surface area contributed by atoms with Gasteiger partial charge in [-0.15, -0.1) is 0 Å². The molecule has 0 aliphatic carbocycles. The van der Waals surface area contributed by atoms with E-state index >= 15 is 0 Å². The summed E-state index contributed by atoms with van der Waals surface area (Å²) in [5, 5.41) is 2.41. The summed E-state index contributed by atoms with van der Waals surface area (Å²) in [5.74, 6) is -0.137. The van der Waals surface area contributed by atoms with Gasteiger partial charge in [0.1, 0.15) is 5.75 Å². The van der Waals surface area contributed by atoms with Gasteiger partial charge in [0.15, 0.2) is 0 Å². The lowest BCUT2D eigenvalue weighted by Gasteiger charge is -2.13. The van der Waals surface area contributed by atoms with Gasteiger partial charge in [0, 0.05) is 6.42 Å². The lowest BCUT2D eigenvalue weighted by molar-refractivity contribution is -0.137. The highest BCUT2D eigenvalue weighted by atomic mass is 19.4. The quantitative estimate of drug-likeness (QED) is 0.901. The molecule has 18 heavy (non-hydrogen) atoms. The minimum Gasteiger partial charge on any atom is -0.495 e. The summed E-state index contributed by atoms with van der Waals surface area (Å²) in [6, 6.07) is 2.96. The maximum absolute atomic E-state index is 12.5. The Morgan fingerprint density at radius 2 is 2.06 bits per heavy atom. The Kier molecular flexibility index (Phi) is 4.58. The van der Waals surface area contributed by atoms with Crippen molar-refractivity contribution >= 4 is 11.6 Å². The van der Waals surface area contributed by atoms with Crippen molar-refractivity contribution in [3.63, 3.8) is 0 Å². The number of rotatable bonds is 4. The number of amides is 1. The van der Waals surface area contributed by atoms with E-state index in [0.717, 1.165) is 12.1 Å². The first-order valence-corrected chi connectivity index (χ1v) is 5.43. The van der Waals surface area contributed by atoms with Gasteiger partial charge >= 0.3 is 6.18 Å². The Labute approximate surface area is 103 Å². The van der Waals surface area contributed by atoms with Crippen LogP contribution >= 0.6 is 0 Å². The molecule has 0 spiro atoms. The number of ether oxygens (including phenoxy) is 1. The predicted octanol–water partition coefficient (Wildman–Crippen LogP) is 3.45. The average Bonchev–Trinajstić information content (AvgIpc) is 2.28. The van der Waals surface area contributed by atoms with Gasteiger partial charge in [0.25, 0.3) is 0 Å². The monoisotopic (exact) mass is 261 g/mol. The number of benzene rings is 1. The Balaban J connectivity index is 3.03. The molecular formula is C12H14F3NO2. The molecule has 1 aromatic carbocycles. The number of hydrogen-bond acceptors (Lipinski definition) is 2. The fourth-order valence-electron chi connectivity index (χ4n) is 1.42. The first-order chi connectivity index (χ1) is 8.38. The number of nitrogens with one attached hydrogen (secondary N) is 1. The van der Waals surface area contributed by atoms with E-state index in [1.165, 1.54) is 13.2 Å². The number of anilines is 1. The summed E-state index contributed by atoms with van der Waals surface area (Å²) in [6.45, 7) is 1.81.